The number of halogens is 1. The minimum Gasteiger partial charge on any atom is -0.493 e. The van der Waals surface area contributed by atoms with Crippen molar-refractivity contribution in [2.45, 2.75) is 6.61 Å². The van der Waals surface area contributed by atoms with Gasteiger partial charge in [0.15, 0.2) is 18.1 Å². The van der Waals surface area contributed by atoms with Crippen molar-refractivity contribution >= 4 is 21.9 Å². The second kappa shape index (κ2) is 6.46. The largest absolute Gasteiger partial charge is 0.493 e. The molecule has 0 aliphatic rings. The van der Waals surface area contributed by atoms with E-state index in [2.05, 4.69) is 20.7 Å². The molecule has 6 heteroatoms. The van der Waals surface area contributed by atoms with Crippen LogP contribution in [0.5, 0.6) is 11.5 Å². The second-order valence-electron chi connectivity index (χ2n) is 3.12. The van der Waals surface area contributed by atoms with Gasteiger partial charge < -0.3 is 19.3 Å². The number of carbonyl (C=O) groups is 1. The summed E-state index contributed by atoms with van der Waals surface area (Å²) in [6.07, 6.45) is 0. The summed E-state index contributed by atoms with van der Waals surface area (Å²) in [5.74, 6) is 0.373. The zero-order chi connectivity index (χ0) is 12.8. The molecule has 1 rings (SSSR count). The van der Waals surface area contributed by atoms with Gasteiger partial charge in [-0.2, -0.15) is 0 Å². The molecule has 0 aromatic heterocycles. The standard InChI is InChI=1S/C11H13BrO5/c1-15-9-3-7(5-13)8(12)4-10(9)17-6-11(14)16-2/h3-4,13H,5-6H2,1-2H3. The molecule has 0 atom stereocenters. The third-order valence-corrected chi connectivity index (χ3v) is 2.81. The quantitative estimate of drug-likeness (QED) is 0.835. The Balaban J connectivity index is 2.90. The van der Waals surface area contributed by atoms with Crippen LogP contribution in [-0.2, 0) is 16.1 Å². The Morgan fingerprint density at radius 2 is 2.06 bits per heavy atom. The number of aliphatic hydroxyl groups is 1. The summed E-state index contributed by atoms with van der Waals surface area (Å²) in [5.41, 5.74) is 0.673. The average Bonchev–Trinajstić information content (AvgIpc) is 2.35. The van der Waals surface area contributed by atoms with Crippen molar-refractivity contribution in [1.82, 2.24) is 0 Å². The van der Waals surface area contributed by atoms with E-state index >= 15 is 0 Å². The highest BCUT2D eigenvalue weighted by molar-refractivity contribution is 9.10. The number of hydrogen-bond acceptors (Lipinski definition) is 5. The van der Waals surface area contributed by atoms with Crippen molar-refractivity contribution in [3.8, 4) is 11.5 Å². The van der Waals surface area contributed by atoms with E-state index < -0.39 is 5.97 Å². The molecule has 17 heavy (non-hydrogen) atoms. The molecule has 1 aromatic rings. The summed E-state index contributed by atoms with van der Waals surface area (Å²) in [6.45, 7) is -0.313. The number of ether oxygens (including phenoxy) is 3. The molecule has 0 fully saturated rings. The van der Waals surface area contributed by atoms with E-state index in [0.29, 0.717) is 21.5 Å². The summed E-state index contributed by atoms with van der Waals surface area (Å²) in [6, 6.07) is 3.27. The van der Waals surface area contributed by atoms with Gasteiger partial charge in [-0.25, -0.2) is 4.79 Å². The third kappa shape index (κ3) is 3.61. The minimum absolute atomic E-state index is 0.117. The van der Waals surface area contributed by atoms with Crippen molar-refractivity contribution in [1.29, 1.82) is 0 Å². The Morgan fingerprint density at radius 1 is 1.35 bits per heavy atom. The van der Waals surface area contributed by atoms with Crippen molar-refractivity contribution in [3.05, 3.63) is 22.2 Å². The van der Waals surface area contributed by atoms with Gasteiger partial charge in [0.25, 0.3) is 0 Å². The monoisotopic (exact) mass is 304 g/mol. The first-order chi connectivity index (χ1) is 8.12. The Hall–Kier alpha value is -1.27. The van der Waals surface area contributed by atoms with Gasteiger partial charge in [-0.1, -0.05) is 15.9 Å². The number of rotatable bonds is 5. The summed E-state index contributed by atoms with van der Waals surface area (Å²) < 4.78 is 15.5. The molecule has 0 saturated heterocycles. The molecule has 5 nitrogen and oxygen atoms in total. The fraction of sp³-hybridized carbons (Fsp3) is 0.364. The first-order valence-electron chi connectivity index (χ1n) is 4.79. The molecule has 0 unspecified atom stereocenters. The average molecular weight is 305 g/mol. The van der Waals surface area contributed by atoms with E-state index in [0.717, 1.165) is 0 Å². The number of esters is 1. The predicted molar refractivity (Wildman–Crippen MR) is 64.1 cm³/mol. The molecule has 94 valence electrons. The Morgan fingerprint density at radius 3 is 2.59 bits per heavy atom. The fourth-order valence-electron chi connectivity index (χ4n) is 1.17. The molecule has 0 saturated carbocycles. The van der Waals surface area contributed by atoms with Crippen LogP contribution in [0.1, 0.15) is 5.56 Å². The molecule has 0 heterocycles. The van der Waals surface area contributed by atoms with Crippen molar-refractivity contribution < 1.29 is 24.1 Å². The van der Waals surface area contributed by atoms with Gasteiger partial charge in [0, 0.05) is 4.47 Å². The molecule has 0 spiro atoms. The van der Waals surface area contributed by atoms with Crippen LogP contribution in [0.15, 0.2) is 16.6 Å². The van der Waals surface area contributed by atoms with E-state index in [1.807, 2.05) is 0 Å². The van der Waals surface area contributed by atoms with E-state index in [4.69, 9.17) is 14.6 Å². The van der Waals surface area contributed by atoms with Gasteiger partial charge in [-0.3, -0.25) is 0 Å². The lowest BCUT2D eigenvalue weighted by Crippen LogP contribution is -2.13. The van der Waals surface area contributed by atoms with Crippen LogP contribution in [0.3, 0.4) is 0 Å². The SMILES string of the molecule is COC(=O)COc1cc(Br)c(CO)cc1OC. The zero-order valence-corrected chi connectivity index (χ0v) is 11.1. The maximum Gasteiger partial charge on any atom is 0.343 e. The molecular weight excluding hydrogens is 292 g/mol. The summed E-state index contributed by atoms with van der Waals surface area (Å²) in [4.78, 5) is 11.0. The molecule has 1 N–H and O–H groups in total. The van der Waals surface area contributed by atoms with Gasteiger partial charge in [0.1, 0.15) is 0 Å². The van der Waals surface area contributed by atoms with Gasteiger partial charge >= 0.3 is 5.97 Å². The van der Waals surface area contributed by atoms with Crippen LogP contribution in [0.25, 0.3) is 0 Å². The molecule has 0 aliphatic heterocycles. The lowest BCUT2D eigenvalue weighted by Gasteiger charge is -2.12. The highest BCUT2D eigenvalue weighted by Crippen LogP contribution is 2.33. The number of aliphatic hydroxyl groups excluding tert-OH is 1. The van der Waals surface area contributed by atoms with Crippen LogP contribution in [0.2, 0.25) is 0 Å². The van der Waals surface area contributed by atoms with Crippen LogP contribution >= 0.6 is 15.9 Å². The van der Waals surface area contributed by atoms with Gasteiger partial charge in [0.05, 0.1) is 20.8 Å². The highest BCUT2D eigenvalue weighted by atomic mass is 79.9. The van der Waals surface area contributed by atoms with Gasteiger partial charge in [0.2, 0.25) is 0 Å². The van der Waals surface area contributed by atoms with Gasteiger partial charge in [-0.05, 0) is 17.7 Å². The van der Waals surface area contributed by atoms with Crippen molar-refractivity contribution in [3.63, 3.8) is 0 Å². The summed E-state index contributed by atoms with van der Waals surface area (Å²) in [5, 5.41) is 9.08. The Labute approximate surface area is 107 Å². The van der Waals surface area contributed by atoms with Gasteiger partial charge in [-0.15, -0.1) is 0 Å². The van der Waals surface area contributed by atoms with E-state index in [1.54, 1.807) is 12.1 Å². The van der Waals surface area contributed by atoms with Crippen LogP contribution in [-0.4, -0.2) is 31.9 Å². The molecule has 0 aliphatic carbocycles. The summed E-state index contributed by atoms with van der Waals surface area (Å²) >= 11 is 3.28. The maximum atomic E-state index is 11.0. The Kier molecular flexibility index (Phi) is 5.24. The Bertz CT molecular complexity index is 405. The molecular formula is C11H13BrO5. The normalized spacial score (nSPS) is 9.88. The maximum absolute atomic E-state index is 11.0. The zero-order valence-electron chi connectivity index (χ0n) is 9.53. The van der Waals surface area contributed by atoms with Crippen LogP contribution in [0, 0.1) is 0 Å². The van der Waals surface area contributed by atoms with Crippen LogP contribution < -0.4 is 9.47 Å². The van der Waals surface area contributed by atoms with E-state index in [1.165, 1.54) is 14.2 Å². The topological polar surface area (TPSA) is 65.0 Å². The van der Waals surface area contributed by atoms with E-state index in [9.17, 15) is 4.79 Å². The first kappa shape index (κ1) is 13.8. The lowest BCUT2D eigenvalue weighted by atomic mass is 10.2. The number of carbonyl (C=O) groups excluding carboxylic acids is 1. The molecule has 1 aromatic carbocycles. The number of methoxy groups -OCH3 is 2. The number of benzene rings is 1. The van der Waals surface area contributed by atoms with Crippen molar-refractivity contribution in [2.75, 3.05) is 20.8 Å². The second-order valence-corrected chi connectivity index (χ2v) is 3.97. The van der Waals surface area contributed by atoms with Crippen molar-refractivity contribution in [2.24, 2.45) is 0 Å². The predicted octanol–water partition coefficient (Wildman–Crippen LogP) is 1.50. The molecule has 0 amide bonds. The lowest BCUT2D eigenvalue weighted by molar-refractivity contribution is -0.142. The van der Waals surface area contributed by atoms with E-state index in [-0.39, 0.29) is 13.2 Å². The smallest absolute Gasteiger partial charge is 0.343 e. The van der Waals surface area contributed by atoms with Crippen LogP contribution in [0.4, 0.5) is 0 Å². The fourth-order valence-corrected chi connectivity index (χ4v) is 1.61. The molecule has 0 bridgehead atoms. The minimum atomic E-state index is -0.477. The third-order valence-electron chi connectivity index (χ3n) is 2.08. The highest BCUT2D eigenvalue weighted by Gasteiger charge is 2.11. The molecule has 0 radical (unpaired) electrons. The number of hydrogen-bond donors (Lipinski definition) is 1. The summed E-state index contributed by atoms with van der Waals surface area (Å²) in [7, 11) is 2.77. The first-order valence-corrected chi connectivity index (χ1v) is 5.58.